The number of hydrogen-bond acceptors (Lipinski definition) is 3. The van der Waals surface area contributed by atoms with Gasteiger partial charge in [0, 0.05) is 22.1 Å². The molecule has 0 radical (unpaired) electrons. The molecule has 1 fully saturated rings. The van der Waals surface area contributed by atoms with E-state index in [-0.39, 0.29) is 17.8 Å². The lowest BCUT2D eigenvalue weighted by molar-refractivity contribution is -0.385. The number of benzene rings is 1. The highest BCUT2D eigenvalue weighted by molar-refractivity contribution is 9.10. The van der Waals surface area contributed by atoms with Gasteiger partial charge in [-0.3, -0.25) is 10.1 Å². The van der Waals surface area contributed by atoms with Crippen LogP contribution in [-0.2, 0) is 0 Å². The smallest absolute Gasteiger partial charge is 0.319 e. The number of amides is 2. The highest BCUT2D eigenvalue weighted by Crippen LogP contribution is 2.30. The predicted octanol–water partition coefficient (Wildman–Crippen LogP) is 3.73. The third-order valence-corrected chi connectivity index (χ3v) is 4.08. The van der Waals surface area contributed by atoms with Crippen molar-refractivity contribution < 1.29 is 9.72 Å². The highest BCUT2D eigenvalue weighted by Gasteiger charge is 2.19. The number of hydrogen-bond donors (Lipinski definition) is 2. The van der Waals surface area contributed by atoms with Gasteiger partial charge in [0.2, 0.25) is 0 Å². The normalized spacial score (nSPS) is 15.1. The molecule has 108 valence electrons. The fourth-order valence-electron chi connectivity index (χ4n) is 2.37. The van der Waals surface area contributed by atoms with Gasteiger partial charge in [-0.25, -0.2) is 4.79 Å². The second kappa shape index (κ2) is 6.21. The van der Waals surface area contributed by atoms with E-state index in [1.165, 1.54) is 6.07 Å². The number of aryl methyl sites for hydroxylation is 1. The van der Waals surface area contributed by atoms with Gasteiger partial charge in [-0.1, -0.05) is 12.8 Å². The zero-order chi connectivity index (χ0) is 14.7. The number of carbonyl (C=O) groups is 1. The molecule has 0 unspecified atom stereocenters. The molecule has 2 N–H and O–H groups in total. The second-order valence-corrected chi connectivity index (χ2v) is 5.81. The Labute approximate surface area is 125 Å². The number of nitrogens with zero attached hydrogens (tertiary/aromatic N) is 1. The molecule has 0 aromatic heterocycles. The summed E-state index contributed by atoms with van der Waals surface area (Å²) in [7, 11) is 0. The molecule has 20 heavy (non-hydrogen) atoms. The van der Waals surface area contributed by atoms with Crippen LogP contribution in [-0.4, -0.2) is 17.0 Å². The van der Waals surface area contributed by atoms with E-state index in [0.29, 0.717) is 15.7 Å². The Hall–Kier alpha value is -1.63. The highest BCUT2D eigenvalue weighted by atomic mass is 79.9. The Morgan fingerprint density at radius 2 is 2.05 bits per heavy atom. The van der Waals surface area contributed by atoms with Crippen LogP contribution in [0, 0.1) is 17.0 Å². The second-order valence-electron chi connectivity index (χ2n) is 4.96. The van der Waals surface area contributed by atoms with Crippen molar-refractivity contribution in [2.24, 2.45) is 0 Å². The van der Waals surface area contributed by atoms with Crippen LogP contribution in [0.15, 0.2) is 16.6 Å². The Morgan fingerprint density at radius 1 is 1.40 bits per heavy atom. The van der Waals surface area contributed by atoms with Gasteiger partial charge in [0.1, 0.15) is 0 Å². The summed E-state index contributed by atoms with van der Waals surface area (Å²) >= 11 is 3.31. The number of rotatable bonds is 3. The van der Waals surface area contributed by atoms with Crippen LogP contribution in [0.4, 0.5) is 16.2 Å². The van der Waals surface area contributed by atoms with Crippen LogP contribution < -0.4 is 10.6 Å². The van der Waals surface area contributed by atoms with Gasteiger partial charge in [0.25, 0.3) is 5.69 Å². The van der Waals surface area contributed by atoms with Gasteiger partial charge in [-0.2, -0.15) is 0 Å². The zero-order valence-corrected chi connectivity index (χ0v) is 12.7. The van der Waals surface area contributed by atoms with Crippen LogP contribution in [0.2, 0.25) is 0 Å². The van der Waals surface area contributed by atoms with Crippen LogP contribution in [0.5, 0.6) is 0 Å². The number of halogens is 1. The fourth-order valence-corrected chi connectivity index (χ4v) is 2.92. The van der Waals surface area contributed by atoms with E-state index in [0.717, 1.165) is 25.7 Å². The van der Waals surface area contributed by atoms with Gasteiger partial charge in [0.05, 0.1) is 10.6 Å². The lowest BCUT2D eigenvalue weighted by Crippen LogP contribution is -2.36. The van der Waals surface area contributed by atoms with E-state index >= 15 is 0 Å². The van der Waals surface area contributed by atoms with Crippen molar-refractivity contribution in [1.82, 2.24) is 5.32 Å². The summed E-state index contributed by atoms with van der Waals surface area (Å²) in [4.78, 5) is 22.3. The number of anilines is 1. The molecule has 2 amide bonds. The third kappa shape index (κ3) is 3.47. The lowest BCUT2D eigenvalue weighted by atomic mass is 10.2. The van der Waals surface area contributed by atoms with Gasteiger partial charge in [-0.15, -0.1) is 0 Å². The van der Waals surface area contributed by atoms with Crippen molar-refractivity contribution in [3.05, 3.63) is 32.3 Å². The molecule has 0 atom stereocenters. The van der Waals surface area contributed by atoms with Crippen molar-refractivity contribution >= 4 is 33.3 Å². The van der Waals surface area contributed by atoms with Gasteiger partial charge < -0.3 is 10.6 Å². The molecule has 1 aromatic carbocycles. The number of carbonyl (C=O) groups excluding carboxylic acids is 1. The van der Waals surface area contributed by atoms with E-state index < -0.39 is 4.92 Å². The van der Waals surface area contributed by atoms with E-state index in [1.807, 2.05) is 0 Å². The van der Waals surface area contributed by atoms with Crippen LogP contribution in [0.1, 0.15) is 31.2 Å². The molecule has 1 aromatic rings. The Morgan fingerprint density at radius 3 is 2.65 bits per heavy atom. The summed E-state index contributed by atoms with van der Waals surface area (Å²) in [6, 6.07) is 2.88. The lowest BCUT2D eigenvalue weighted by Gasteiger charge is -2.14. The molecule has 2 rings (SSSR count). The van der Waals surface area contributed by atoms with Gasteiger partial charge in [0.15, 0.2) is 0 Å². The summed E-state index contributed by atoms with van der Waals surface area (Å²) in [5, 5.41) is 16.4. The van der Waals surface area contributed by atoms with E-state index in [1.54, 1.807) is 13.0 Å². The maximum atomic E-state index is 11.9. The summed E-state index contributed by atoms with van der Waals surface area (Å²) in [6.07, 6.45) is 4.24. The summed E-state index contributed by atoms with van der Waals surface area (Å²) in [5.74, 6) is 0. The molecule has 0 heterocycles. The molecule has 7 heteroatoms. The quantitative estimate of drug-likeness (QED) is 0.648. The first-order valence-electron chi connectivity index (χ1n) is 6.49. The molecular weight excluding hydrogens is 326 g/mol. The minimum atomic E-state index is -0.457. The third-order valence-electron chi connectivity index (χ3n) is 3.42. The average Bonchev–Trinajstić information content (AvgIpc) is 2.84. The maximum Gasteiger partial charge on any atom is 0.319 e. The molecule has 0 spiro atoms. The minimum absolute atomic E-state index is 0.00985. The summed E-state index contributed by atoms with van der Waals surface area (Å²) in [5.41, 5.74) is 0.936. The van der Waals surface area contributed by atoms with Crippen molar-refractivity contribution in [3.63, 3.8) is 0 Å². The molecule has 0 saturated heterocycles. The Bertz CT molecular complexity index is 542. The molecule has 0 aliphatic heterocycles. The molecule has 1 saturated carbocycles. The van der Waals surface area contributed by atoms with Gasteiger partial charge in [-0.05, 0) is 41.8 Å². The largest absolute Gasteiger partial charge is 0.335 e. The number of urea groups is 1. The molecule has 6 nitrogen and oxygen atoms in total. The van der Waals surface area contributed by atoms with Crippen molar-refractivity contribution in [2.45, 2.75) is 38.6 Å². The molecular formula is C13H16BrN3O3. The minimum Gasteiger partial charge on any atom is -0.335 e. The summed E-state index contributed by atoms with van der Waals surface area (Å²) in [6.45, 7) is 1.66. The van der Waals surface area contributed by atoms with Crippen LogP contribution >= 0.6 is 15.9 Å². The average molecular weight is 342 g/mol. The van der Waals surface area contributed by atoms with Crippen LogP contribution in [0.25, 0.3) is 0 Å². The van der Waals surface area contributed by atoms with Crippen molar-refractivity contribution in [1.29, 1.82) is 0 Å². The molecule has 1 aliphatic carbocycles. The SMILES string of the molecule is Cc1cc(Br)c(NC(=O)NC2CCCC2)cc1[N+](=O)[O-]. The van der Waals surface area contributed by atoms with E-state index in [9.17, 15) is 14.9 Å². The first-order chi connectivity index (χ1) is 9.47. The number of nitro benzene ring substituents is 1. The Kier molecular flexibility index (Phi) is 4.59. The van der Waals surface area contributed by atoms with Crippen molar-refractivity contribution in [3.8, 4) is 0 Å². The fraction of sp³-hybridized carbons (Fsp3) is 0.462. The zero-order valence-electron chi connectivity index (χ0n) is 11.1. The maximum absolute atomic E-state index is 11.9. The topological polar surface area (TPSA) is 84.3 Å². The van der Waals surface area contributed by atoms with Gasteiger partial charge >= 0.3 is 6.03 Å². The first kappa shape index (κ1) is 14.8. The first-order valence-corrected chi connectivity index (χ1v) is 7.28. The number of nitro groups is 1. The standard InChI is InChI=1S/C13H16BrN3O3/c1-8-6-10(14)11(7-12(8)17(19)20)16-13(18)15-9-4-2-3-5-9/h6-7,9H,2-5H2,1H3,(H2,15,16,18). The summed E-state index contributed by atoms with van der Waals surface area (Å²) < 4.78 is 0.627. The monoisotopic (exact) mass is 341 g/mol. The van der Waals surface area contributed by atoms with Crippen LogP contribution in [0.3, 0.4) is 0 Å². The van der Waals surface area contributed by atoms with E-state index in [4.69, 9.17) is 0 Å². The predicted molar refractivity (Wildman–Crippen MR) is 79.9 cm³/mol. The van der Waals surface area contributed by atoms with Crippen molar-refractivity contribution in [2.75, 3.05) is 5.32 Å². The van der Waals surface area contributed by atoms with E-state index in [2.05, 4.69) is 26.6 Å². The molecule has 1 aliphatic rings. The Balaban J connectivity index is 2.09. The number of nitrogens with one attached hydrogen (secondary N) is 2. The molecule has 0 bridgehead atoms.